The van der Waals surface area contributed by atoms with Crippen LogP contribution in [0.5, 0.6) is 0 Å². The van der Waals surface area contributed by atoms with E-state index in [4.69, 9.17) is 0 Å². The highest BCUT2D eigenvalue weighted by Gasteiger charge is 2.10. The number of hydrogen-bond donors (Lipinski definition) is 1. The van der Waals surface area contributed by atoms with Crippen molar-refractivity contribution in [1.82, 2.24) is 0 Å². The molecule has 2 rings (SSSR count). The third-order valence-electron chi connectivity index (χ3n) is 1.21. The van der Waals surface area contributed by atoms with Crippen LogP contribution in [0.15, 0.2) is 10.8 Å². The second-order valence-electron chi connectivity index (χ2n) is 1.66. The molecule has 0 aromatic carbocycles. The normalized spacial score (nSPS) is 14.3. The average molecular weight is 111 g/mol. The topological polar surface area (TPSA) is 12.0 Å². The molecule has 0 saturated carbocycles. The molecule has 0 bridgehead atoms. The van der Waals surface area contributed by atoms with Gasteiger partial charge in [0.1, 0.15) is 0 Å². The summed E-state index contributed by atoms with van der Waals surface area (Å²) in [6, 6.07) is 0. The number of anilines is 1. The Morgan fingerprint density at radius 3 is 2.86 bits per heavy atom. The van der Waals surface area contributed by atoms with Gasteiger partial charge in [-0.3, -0.25) is 0 Å². The van der Waals surface area contributed by atoms with Crippen LogP contribution in [0.25, 0.3) is 0 Å². The number of rotatable bonds is 0. The molecule has 0 spiro atoms. The third kappa shape index (κ3) is 0.320. The zero-order valence-corrected chi connectivity index (χ0v) is 4.59. The molecule has 1 aromatic rings. The van der Waals surface area contributed by atoms with Crippen molar-refractivity contribution in [3.8, 4) is 0 Å². The van der Waals surface area contributed by atoms with E-state index in [1.807, 2.05) is 0 Å². The van der Waals surface area contributed by atoms with Crippen LogP contribution in [0, 0.1) is 0 Å². The highest BCUT2D eigenvalue weighted by molar-refractivity contribution is 7.08. The Kier molecular flexibility index (Phi) is 0.504. The minimum Gasteiger partial charge on any atom is -0.380 e. The molecule has 2 heterocycles. The van der Waals surface area contributed by atoms with Gasteiger partial charge in [0.05, 0.1) is 5.69 Å². The predicted molar refractivity (Wildman–Crippen MR) is 31.6 cm³/mol. The summed E-state index contributed by atoms with van der Waals surface area (Å²) in [4.78, 5) is 0. The van der Waals surface area contributed by atoms with Crippen molar-refractivity contribution in [2.24, 2.45) is 0 Å². The fourth-order valence-corrected chi connectivity index (χ4v) is 1.51. The Balaban J connectivity index is 2.69. The van der Waals surface area contributed by atoms with Gasteiger partial charge in [-0.1, -0.05) is 0 Å². The zero-order valence-electron chi connectivity index (χ0n) is 3.77. The van der Waals surface area contributed by atoms with Crippen LogP contribution < -0.4 is 5.32 Å². The van der Waals surface area contributed by atoms with E-state index in [2.05, 4.69) is 16.1 Å². The van der Waals surface area contributed by atoms with Crippen LogP contribution in [0.1, 0.15) is 5.56 Å². The number of nitrogens with one attached hydrogen (secondary N) is 1. The molecule has 36 valence electrons. The molecule has 1 aromatic heterocycles. The van der Waals surface area contributed by atoms with Gasteiger partial charge in [-0.2, -0.15) is 0 Å². The SMILES string of the molecule is c1scc2c1CN2. The molecule has 1 aliphatic heterocycles. The Morgan fingerprint density at radius 2 is 2.57 bits per heavy atom. The predicted octanol–water partition coefficient (Wildman–Crippen LogP) is 1.67. The molecular weight excluding hydrogens is 106 g/mol. The van der Waals surface area contributed by atoms with Crippen molar-refractivity contribution < 1.29 is 0 Å². The highest BCUT2D eigenvalue weighted by atomic mass is 32.1. The van der Waals surface area contributed by atoms with Crippen LogP contribution in [-0.2, 0) is 6.54 Å². The molecule has 0 aliphatic carbocycles. The second-order valence-corrected chi connectivity index (χ2v) is 2.41. The number of fused-ring (bicyclic) bond motifs is 1. The fourth-order valence-electron chi connectivity index (χ4n) is 0.699. The molecule has 0 fully saturated rings. The second kappa shape index (κ2) is 1.01. The lowest BCUT2D eigenvalue weighted by Gasteiger charge is -2.14. The van der Waals surface area contributed by atoms with E-state index < -0.39 is 0 Å². The van der Waals surface area contributed by atoms with E-state index in [-0.39, 0.29) is 0 Å². The van der Waals surface area contributed by atoms with E-state index >= 15 is 0 Å². The standard InChI is InChI=1S/C5H5NS/c1-4-2-7-3-5(4)6-1/h2-3,6H,1H2. The number of thiophene rings is 1. The van der Waals surface area contributed by atoms with Gasteiger partial charge in [-0.05, 0) is 5.38 Å². The van der Waals surface area contributed by atoms with Gasteiger partial charge in [0.15, 0.2) is 0 Å². The van der Waals surface area contributed by atoms with Crippen LogP contribution >= 0.6 is 11.3 Å². The van der Waals surface area contributed by atoms with Gasteiger partial charge in [-0.15, -0.1) is 11.3 Å². The summed E-state index contributed by atoms with van der Waals surface area (Å²) in [7, 11) is 0. The molecule has 0 amide bonds. The number of hydrogen-bond acceptors (Lipinski definition) is 2. The maximum absolute atomic E-state index is 3.18. The first kappa shape index (κ1) is 3.50. The molecule has 0 saturated heterocycles. The first-order valence-electron chi connectivity index (χ1n) is 2.26. The molecule has 2 heteroatoms. The maximum atomic E-state index is 3.18. The lowest BCUT2D eigenvalue weighted by atomic mass is 10.2. The maximum Gasteiger partial charge on any atom is 0.0502 e. The molecular formula is C5H5NS. The Bertz CT molecular complexity index is 161. The van der Waals surface area contributed by atoms with E-state index in [1.54, 1.807) is 11.3 Å². The fraction of sp³-hybridized carbons (Fsp3) is 0.200. The minimum atomic E-state index is 1.08. The van der Waals surface area contributed by atoms with Gasteiger partial charge < -0.3 is 5.32 Å². The summed E-state index contributed by atoms with van der Waals surface area (Å²) in [5.74, 6) is 0. The third-order valence-corrected chi connectivity index (χ3v) is 2.00. The smallest absolute Gasteiger partial charge is 0.0502 e. The van der Waals surface area contributed by atoms with E-state index in [9.17, 15) is 0 Å². The molecule has 0 atom stereocenters. The van der Waals surface area contributed by atoms with Crippen LogP contribution in [0.3, 0.4) is 0 Å². The lowest BCUT2D eigenvalue weighted by molar-refractivity contribution is 1.07. The summed E-state index contributed by atoms with van der Waals surface area (Å²) in [6.45, 7) is 1.08. The van der Waals surface area contributed by atoms with E-state index in [0.29, 0.717) is 0 Å². The first-order valence-corrected chi connectivity index (χ1v) is 3.20. The Labute approximate surface area is 46.0 Å². The first-order chi connectivity index (χ1) is 3.47. The summed E-state index contributed by atoms with van der Waals surface area (Å²) in [5.41, 5.74) is 2.81. The largest absolute Gasteiger partial charge is 0.380 e. The van der Waals surface area contributed by atoms with Crippen LogP contribution in [-0.4, -0.2) is 0 Å². The zero-order chi connectivity index (χ0) is 4.69. The monoisotopic (exact) mass is 111 g/mol. The highest BCUT2D eigenvalue weighted by Crippen LogP contribution is 2.28. The summed E-state index contributed by atoms with van der Waals surface area (Å²) < 4.78 is 0. The van der Waals surface area contributed by atoms with E-state index in [0.717, 1.165) is 6.54 Å². The minimum absolute atomic E-state index is 1.08. The summed E-state index contributed by atoms with van der Waals surface area (Å²) >= 11 is 1.77. The van der Waals surface area contributed by atoms with Crippen LogP contribution in [0.4, 0.5) is 5.69 Å². The molecule has 1 N–H and O–H groups in total. The van der Waals surface area contributed by atoms with Crippen molar-refractivity contribution in [2.45, 2.75) is 6.54 Å². The van der Waals surface area contributed by atoms with Gasteiger partial charge in [0.2, 0.25) is 0 Å². The van der Waals surface area contributed by atoms with Crippen molar-refractivity contribution >= 4 is 17.0 Å². The summed E-state index contributed by atoms with van der Waals surface area (Å²) in [5, 5.41) is 7.50. The van der Waals surface area contributed by atoms with Gasteiger partial charge in [0.25, 0.3) is 0 Å². The quantitative estimate of drug-likeness (QED) is 0.537. The molecule has 1 nitrogen and oxygen atoms in total. The van der Waals surface area contributed by atoms with Gasteiger partial charge in [-0.25, -0.2) is 0 Å². The van der Waals surface area contributed by atoms with Crippen molar-refractivity contribution in [2.75, 3.05) is 5.32 Å². The Hall–Kier alpha value is -0.500. The Morgan fingerprint density at radius 1 is 1.57 bits per heavy atom. The van der Waals surface area contributed by atoms with Gasteiger partial charge in [0, 0.05) is 17.5 Å². The van der Waals surface area contributed by atoms with Gasteiger partial charge >= 0.3 is 0 Å². The molecule has 0 unspecified atom stereocenters. The van der Waals surface area contributed by atoms with Crippen molar-refractivity contribution in [1.29, 1.82) is 0 Å². The molecule has 1 aliphatic rings. The molecule has 7 heavy (non-hydrogen) atoms. The lowest BCUT2D eigenvalue weighted by Crippen LogP contribution is -2.09. The van der Waals surface area contributed by atoms with Crippen LogP contribution in [0.2, 0.25) is 0 Å². The molecule has 0 radical (unpaired) electrons. The van der Waals surface area contributed by atoms with E-state index in [1.165, 1.54) is 11.3 Å². The van der Waals surface area contributed by atoms with Crippen molar-refractivity contribution in [3.05, 3.63) is 16.3 Å². The van der Waals surface area contributed by atoms with Crippen molar-refractivity contribution in [3.63, 3.8) is 0 Å². The average Bonchev–Trinajstić information content (AvgIpc) is 1.85. The summed E-state index contributed by atoms with van der Waals surface area (Å²) in [6.07, 6.45) is 0.